The number of carbonyl (C=O) groups is 4. The summed E-state index contributed by atoms with van der Waals surface area (Å²) in [5.41, 5.74) is 0. The van der Waals surface area contributed by atoms with Crippen molar-refractivity contribution in [2.24, 2.45) is 5.92 Å². The van der Waals surface area contributed by atoms with Crippen LogP contribution < -0.4 is 0 Å². The Balaban J connectivity index is 5.15. The first-order chi connectivity index (χ1) is 43.0. The number of phosphoric ester groups is 2. The summed E-state index contributed by atoms with van der Waals surface area (Å²) in [6, 6.07) is 0. The van der Waals surface area contributed by atoms with Crippen LogP contribution in [0.2, 0.25) is 0 Å². The third-order valence-corrected chi connectivity index (χ3v) is 18.2. The zero-order valence-corrected chi connectivity index (χ0v) is 59.4. The quantitative estimate of drug-likeness (QED) is 0.0222. The van der Waals surface area contributed by atoms with Crippen LogP contribution in [0.25, 0.3) is 0 Å². The Hall–Kier alpha value is -1.94. The van der Waals surface area contributed by atoms with Gasteiger partial charge in [-0.25, -0.2) is 9.13 Å². The van der Waals surface area contributed by atoms with Crippen LogP contribution in [0.5, 0.6) is 0 Å². The lowest BCUT2D eigenvalue weighted by molar-refractivity contribution is -0.161. The summed E-state index contributed by atoms with van der Waals surface area (Å²) in [7, 11) is -9.89. The van der Waals surface area contributed by atoms with Gasteiger partial charge in [0.1, 0.15) is 19.3 Å². The normalized spacial score (nSPS) is 14.1. The van der Waals surface area contributed by atoms with Crippen LogP contribution in [0.3, 0.4) is 0 Å². The molecule has 2 unspecified atom stereocenters. The van der Waals surface area contributed by atoms with E-state index in [-0.39, 0.29) is 25.7 Å². The SMILES string of the molecule is CCCCCCCCCCCCCCCCC(=O)OC[C@H](COP(=O)(O)OC[C@@H](O)COP(=O)(O)OC[C@@H](COC(=O)CCCCCCC)OC(=O)CCCCCCCCCCCCCC)OC(=O)CCCCCCCCCCCCCCCCCC(C)C. The van der Waals surface area contributed by atoms with Crippen LogP contribution in [0.1, 0.15) is 362 Å². The van der Waals surface area contributed by atoms with Crippen LogP contribution >= 0.6 is 15.6 Å². The Morgan fingerprint density at radius 2 is 0.517 bits per heavy atom. The van der Waals surface area contributed by atoms with E-state index in [0.29, 0.717) is 25.7 Å². The Kier molecular flexibility index (Phi) is 62.1. The minimum absolute atomic E-state index is 0.107. The predicted octanol–water partition coefficient (Wildman–Crippen LogP) is 20.1. The molecule has 0 aromatic rings. The van der Waals surface area contributed by atoms with Crippen molar-refractivity contribution in [1.82, 2.24) is 0 Å². The third-order valence-electron chi connectivity index (χ3n) is 16.3. The van der Waals surface area contributed by atoms with E-state index < -0.39 is 97.5 Å². The van der Waals surface area contributed by atoms with Gasteiger partial charge in [-0.3, -0.25) is 37.3 Å². The lowest BCUT2D eigenvalue weighted by Crippen LogP contribution is -2.30. The zero-order valence-electron chi connectivity index (χ0n) is 57.6. The number of phosphoric acid groups is 2. The maximum absolute atomic E-state index is 13.0. The summed E-state index contributed by atoms with van der Waals surface area (Å²) >= 11 is 0. The largest absolute Gasteiger partial charge is 0.472 e. The fraction of sp³-hybridized carbons (Fsp3) is 0.943. The second-order valence-corrected chi connectivity index (χ2v) is 28.7. The Labute approximate surface area is 543 Å². The predicted molar refractivity (Wildman–Crippen MR) is 358 cm³/mol. The standard InChI is InChI=1S/C70H136O17P2/c1-6-9-12-15-17-19-21-23-28-32-35-39-44-49-54-68(73)81-60-66(87-70(75)56-51-46-41-37-33-29-26-24-25-27-30-34-38-43-47-52-63(4)5)62-85-89(78,79)83-58-64(71)57-82-88(76,77)84-61-65(59-80-67(72)53-48-42-14-11-8-3)86-69(74)55-50-45-40-36-31-22-20-18-16-13-10-7-2/h63-66,71H,6-62H2,1-5H3,(H,76,77)(H,78,79)/t64-,65+,66+/m0/s1. The number of hydrogen-bond acceptors (Lipinski definition) is 15. The minimum atomic E-state index is -4.95. The first kappa shape index (κ1) is 87.1. The van der Waals surface area contributed by atoms with Gasteiger partial charge in [-0.2, -0.15) is 0 Å². The van der Waals surface area contributed by atoms with Crippen molar-refractivity contribution < 1.29 is 80.2 Å². The van der Waals surface area contributed by atoms with E-state index in [1.54, 1.807) is 0 Å². The Bertz CT molecular complexity index is 1720. The first-order valence-electron chi connectivity index (χ1n) is 36.6. The molecule has 0 heterocycles. The molecule has 17 nitrogen and oxygen atoms in total. The van der Waals surface area contributed by atoms with Gasteiger partial charge in [0, 0.05) is 25.7 Å². The van der Waals surface area contributed by atoms with Gasteiger partial charge in [-0.15, -0.1) is 0 Å². The maximum atomic E-state index is 13.0. The molecule has 0 saturated carbocycles. The molecule has 0 rings (SSSR count). The molecule has 0 amide bonds. The number of unbranched alkanes of at least 4 members (excludes halogenated alkanes) is 42. The molecule has 5 atom stereocenters. The molecule has 0 aliphatic carbocycles. The fourth-order valence-corrected chi connectivity index (χ4v) is 12.2. The summed E-state index contributed by atoms with van der Waals surface area (Å²) in [5.74, 6) is -1.33. The highest BCUT2D eigenvalue weighted by Crippen LogP contribution is 2.45. The molecule has 0 saturated heterocycles. The van der Waals surface area contributed by atoms with Crippen molar-refractivity contribution in [3.63, 3.8) is 0 Å². The summed E-state index contributed by atoms with van der Waals surface area (Å²) in [4.78, 5) is 72.3. The average Bonchev–Trinajstić information content (AvgIpc) is 3.67. The number of carbonyl (C=O) groups excluding carboxylic acids is 4. The highest BCUT2D eigenvalue weighted by molar-refractivity contribution is 7.47. The monoisotopic (exact) mass is 1310 g/mol. The van der Waals surface area contributed by atoms with Gasteiger partial charge < -0.3 is 33.8 Å². The molecule has 0 spiro atoms. The van der Waals surface area contributed by atoms with E-state index in [9.17, 15) is 43.2 Å². The van der Waals surface area contributed by atoms with Gasteiger partial charge in [-0.1, -0.05) is 311 Å². The molecule has 0 aromatic carbocycles. The summed E-state index contributed by atoms with van der Waals surface area (Å²) < 4.78 is 68.1. The molecule has 0 aromatic heterocycles. The van der Waals surface area contributed by atoms with Gasteiger partial charge in [-0.05, 0) is 31.6 Å². The molecular weight excluding hydrogens is 1170 g/mol. The number of aliphatic hydroxyl groups excluding tert-OH is 1. The summed E-state index contributed by atoms with van der Waals surface area (Å²) in [6.07, 6.45) is 50.2. The maximum Gasteiger partial charge on any atom is 0.472 e. The van der Waals surface area contributed by atoms with E-state index in [0.717, 1.165) is 102 Å². The van der Waals surface area contributed by atoms with E-state index in [4.69, 9.17) is 37.0 Å². The Morgan fingerprint density at radius 3 is 0.764 bits per heavy atom. The van der Waals surface area contributed by atoms with Crippen LogP contribution in [-0.2, 0) is 65.4 Å². The highest BCUT2D eigenvalue weighted by atomic mass is 31.2. The molecule has 528 valence electrons. The lowest BCUT2D eigenvalue weighted by atomic mass is 10.0. The molecule has 3 N–H and O–H groups in total. The molecular formula is C70H136O17P2. The van der Waals surface area contributed by atoms with E-state index >= 15 is 0 Å². The van der Waals surface area contributed by atoms with Crippen molar-refractivity contribution in [2.75, 3.05) is 39.6 Å². The zero-order chi connectivity index (χ0) is 65.6. The summed E-state index contributed by atoms with van der Waals surface area (Å²) in [6.45, 7) is 7.19. The topological polar surface area (TPSA) is 237 Å². The molecule has 0 aliphatic rings. The average molecular weight is 1310 g/mol. The van der Waals surface area contributed by atoms with Crippen LogP contribution in [0.15, 0.2) is 0 Å². The van der Waals surface area contributed by atoms with Gasteiger partial charge in [0.05, 0.1) is 26.4 Å². The number of rotatable bonds is 70. The van der Waals surface area contributed by atoms with Gasteiger partial charge >= 0.3 is 39.5 Å². The van der Waals surface area contributed by atoms with Crippen LogP contribution in [-0.4, -0.2) is 96.7 Å². The molecule has 89 heavy (non-hydrogen) atoms. The lowest BCUT2D eigenvalue weighted by Gasteiger charge is -2.21. The van der Waals surface area contributed by atoms with E-state index in [1.807, 2.05) is 0 Å². The number of aliphatic hydroxyl groups is 1. The third kappa shape index (κ3) is 64.6. The van der Waals surface area contributed by atoms with Crippen molar-refractivity contribution in [1.29, 1.82) is 0 Å². The van der Waals surface area contributed by atoms with Crippen molar-refractivity contribution in [3.05, 3.63) is 0 Å². The Morgan fingerprint density at radius 1 is 0.303 bits per heavy atom. The van der Waals surface area contributed by atoms with Crippen LogP contribution in [0.4, 0.5) is 0 Å². The van der Waals surface area contributed by atoms with Gasteiger partial charge in [0.2, 0.25) is 0 Å². The molecule has 0 aliphatic heterocycles. The smallest absolute Gasteiger partial charge is 0.462 e. The van der Waals surface area contributed by atoms with E-state index in [2.05, 4.69) is 34.6 Å². The first-order valence-corrected chi connectivity index (χ1v) is 39.6. The highest BCUT2D eigenvalue weighted by Gasteiger charge is 2.30. The number of esters is 4. The number of ether oxygens (including phenoxy) is 4. The van der Waals surface area contributed by atoms with Gasteiger partial charge in [0.15, 0.2) is 12.2 Å². The molecule has 0 fully saturated rings. The van der Waals surface area contributed by atoms with Gasteiger partial charge in [0.25, 0.3) is 0 Å². The second kappa shape index (κ2) is 63.5. The van der Waals surface area contributed by atoms with Crippen molar-refractivity contribution in [2.45, 2.75) is 380 Å². The molecule has 0 bridgehead atoms. The number of hydrogen-bond donors (Lipinski definition) is 3. The summed E-state index contributed by atoms with van der Waals surface area (Å²) in [5, 5.41) is 10.6. The van der Waals surface area contributed by atoms with Crippen LogP contribution in [0, 0.1) is 5.92 Å². The minimum Gasteiger partial charge on any atom is -0.462 e. The molecule has 0 radical (unpaired) electrons. The van der Waals surface area contributed by atoms with Crippen molar-refractivity contribution in [3.8, 4) is 0 Å². The molecule has 19 heteroatoms. The van der Waals surface area contributed by atoms with E-state index in [1.165, 1.54) is 180 Å². The second-order valence-electron chi connectivity index (χ2n) is 25.7. The van der Waals surface area contributed by atoms with Crippen molar-refractivity contribution >= 4 is 39.5 Å². The fourth-order valence-electron chi connectivity index (χ4n) is 10.6.